The number of carbonyl (C=O) groups excluding carboxylic acids is 2. The maximum Gasteiger partial charge on any atom is 0.291 e. The summed E-state index contributed by atoms with van der Waals surface area (Å²) in [6, 6.07) is 6.36. The maximum atomic E-state index is 12.7. The molecule has 0 radical (unpaired) electrons. The Bertz CT molecular complexity index is 879. The highest BCUT2D eigenvalue weighted by Gasteiger charge is 2.32. The van der Waals surface area contributed by atoms with Crippen molar-refractivity contribution < 1.29 is 14.3 Å². The second kappa shape index (κ2) is 8.68. The van der Waals surface area contributed by atoms with Crippen LogP contribution in [0, 0.1) is 0 Å². The number of nitrogens with zero attached hydrogens (tertiary/aromatic N) is 2. The van der Waals surface area contributed by atoms with Crippen LogP contribution in [-0.2, 0) is 9.53 Å². The fourth-order valence-electron chi connectivity index (χ4n) is 2.05. The van der Waals surface area contributed by atoms with E-state index in [0.717, 1.165) is 0 Å². The lowest BCUT2D eigenvalue weighted by atomic mass is 10.2. The second-order valence-electron chi connectivity index (χ2n) is 5.13. The monoisotopic (exact) mass is 420 g/mol. The first-order valence-electron chi connectivity index (χ1n) is 7.43. The zero-order valence-electron chi connectivity index (χ0n) is 13.6. The van der Waals surface area contributed by atoms with Gasteiger partial charge in [0.15, 0.2) is 0 Å². The molecule has 0 aliphatic heterocycles. The summed E-state index contributed by atoms with van der Waals surface area (Å²) in [4.78, 5) is 41.2. The fraction of sp³-hybridized carbons (Fsp3) is 0.333. The van der Waals surface area contributed by atoms with Gasteiger partial charge >= 0.3 is 0 Å². The van der Waals surface area contributed by atoms with Gasteiger partial charge in [-0.1, -0.05) is 46.9 Å². The minimum absolute atomic E-state index is 0.188. The fourth-order valence-corrected chi connectivity index (χ4v) is 2.18. The van der Waals surface area contributed by atoms with E-state index in [-0.39, 0.29) is 17.8 Å². The van der Waals surface area contributed by atoms with Gasteiger partial charge in [0.25, 0.3) is 21.2 Å². The van der Waals surface area contributed by atoms with E-state index < -0.39 is 21.2 Å². The number of methoxy groups -OCH3 is 1. The van der Waals surface area contributed by atoms with Crippen molar-refractivity contribution in [1.29, 1.82) is 0 Å². The van der Waals surface area contributed by atoms with E-state index in [1.165, 1.54) is 13.2 Å². The van der Waals surface area contributed by atoms with Crippen LogP contribution in [0.25, 0.3) is 10.9 Å². The van der Waals surface area contributed by atoms with Crippen molar-refractivity contribution in [2.75, 3.05) is 25.7 Å². The topological polar surface area (TPSA) is 102 Å². The van der Waals surface area contributed by atoms with Gasteiger partial charge < -0.3 is 10.1 Å². The van der Waals surface area contributed by atoms with Crippen molar-refractivity contribution in [3.63, 3.8) is 0 Å². The van der Waals surface area contributed by atoms with Gasteiger partial charge in [0.05, 0.1) is 10.9 Å². The Kier molecular flexibility index (Phi) is 6.82. The summed E-state index contributed by atoms with van der Waals surface area (Å²) in [7, 11) is 1.54. The number of para-hydroxylation sites is 1. The summed E-state index contributed by atoms with van der Waals surface area (Å²) >= 11 is 16.6. The zero-order valence-corrected chi connectivity index (χ0v) is 15.9. The average Bonchev–Trinajstić information content (AvgIpc) is 2.59. The molecule has 0 saturated carbocycles. The average molecular weight is 422 g/mol. The summed E-state index contributed by atoms with van der Waals surface area (Å²) in [5, 5.41) is 2.77. The number of carbonyl (C=O) groups is 2. The molecule has 0 saturated heterocycles. The third kappa shape index (κ3) is 4.85. The maximum absolute atomic E-state index is 12.7. The van der Waals surface area contributed by atoms with Crippen LogP contribution in [0.3, 0.4) is 0 Å². The largest absolute Gasteiger partial charge is 0.385 e. The van der Waals surface area contributed by atoms with E-state index in [2.05, 4.69) is 15.7 Å². The Hall–Kier alpha value is -1.87. The minimum Gasteiger partial charge on any atom is -0.385 e. The number of nitrogens with one attached hydrogen (secondary N) is 2. The van der Waals surface area contributed by atoms with Crippen molar-refractivity contribution in [2.24, 2.45) is 0 Å². The van der Waals surface area contributed by atoms with Gasteiger partial charge in [-0.3, -0.25) is 19.8 Å². The molecule has 11 heteroatoms. The third-order valence-electron chi connectivity index (χ3n) is 3.26. The second-order valence-corrected chi connectivity index (χ2v) is 7.42. The van der Waals surface area contributed by atoms with Crippen LogP contribution in [0.15, 0.2) is 29.1 Å². The first-order valence-corrected chi connectivity index (χ1v) is 8.56. The van der Waals surface area contributed by atoms with Gasteiger partial charge in [0.1, 0.15) is 0 Å². The molecule has 1 aromatic carbocycles. The molecule has 0 fully saturated rings. The molecular formula is C15H15Cl3N4O4. The number of aromatic nitrogens is 2. The summed E-state index contributed by atoms with van der Waals surface area (Å²) < 4.78 is 3.24. The quantitative estimate of drug-likeness (QED) is 0.545. The Morgan fingerprint density at radius 2 is 1.96 bits per heavy atom. The van der Waals surface area contributed by atoms with Gasteiger partial charge in [-0.2, -0.15) is 4.68 Å². The lowest BCUT2D eigenvalue weighted by Gasteiger charge is -2.16. The van der Waals surface area contributed by atoms with Crippen LogP contribution in [0.2, 0.25) is 0 Å². The molecule has 0 aliphatic rings. The Morgan fingerprint density at radius 1 is 1.27 bits per heavy atom. The molecule has 2 rings (SSSR count). The first-order chi connectivity index (χ1) is 12.3. The van der Waals surface area contributed by atoms with E-state index in [1.54, 1.807) is 18.2 Å². The van der Waals surface area contributed by atoms with E-state index in [0.29, 0.717) is 23.2 Å². The predicted octanol–water partition coefficient (Wildman–Crippen LogP) is 1.60. The van der Waals surface area contributed by atoms with E-state index in [4.69, 9.17) is 39.5 Å². The number of fused-ring (bicyclic) bond motifs is 1. The Labute approximate surface area is 163 Å². The SMILES string of the molecule is COCCCNC(=O)c1nc2ccccc2c(=O)n1NC(=O)C(Cl)(Cl)Cl. The smallest absolute Gasteiger partial charge is 0.291 e. The van der Waals surface area contributed by atoms with Crippen LogP contribution in [0.1, 0.15) is 17.0 Å². The number of hydrogen-bond donors (Lipinski definition) is 2. The van der Waals surface area contributed by atoms with Crippen LogP contribution in [0.5, 0.6) is 0 Å². The highest BCUT2D eigenvalue weighted by atomic mass is 35.6. The van der Waals surface area contributed by atoms with Crippen molar-refractivity contribution in [2.45, 2.75) is 10.2 Å². The lowest BCUT2D eigenvalue weighted by molar-refractivity contribution is -0.116. The normalized spacial score (nSPS) is 11.4. The molecule has 0 atom stereocenters. The molecule has 0 bridgehead atoms. The Balaban J connectivity index is 2.45. The minimum atomic E-state index is -2.32. The summed E-state index contributed by atoms with van der Waals surface area (Å²) in [5.41, 5.74) is 1.73. The van der Waals surface area contributed by atoms with Gasteiger partial charge in [-0.25, -0.2) is 4.98 Å². The summed E-state index contributed by atoms with van der Waals surface area (Å²) in [6.07, 6.45) is 0.556. The number of amides is 2. The number of benzene rings is 1. The van der Waals surface area contributed by atoms with Crippen LogP contribution in [0.4, 0.5) is 0 Å². The van der Waals surface area contributed by atoms with E-state index in [9.17, 15) is 14.4 Å². The number of ether oxygens (including phenoxy) is 1. The molecule has 1 heterocycles. The first kappa shape index (κ1) is 20.4. The summed E-state index contributed by atoms with van der Waals surface area (Å²) in [6.45, 7) is 0.732. The van der Waals surface area contributed by atoms with Crippen LogP contribution >= 0.6 is 34.8 Å². The molecule has 0 unspecified atom stereocenters. The summed E-state index contributed by atoms with van der Waals surface area (Å²) in [5.74, 6) is -2.11. The highest BCUT2D eigenvalue weighted by Crippen LogP contribution is 2.26. The standard InChI is InChI=1S/C15H15Cl3N4O4/c1-26-8-4-7-19-12(23)11-20-10-6-3-2-5-9(10)13(24)22(11)21-14(25)15(16,17)18/h2-3,5-6H,4,7-8H2,1H3,(H,19,23)(H,21,25). The highest BCUT2D eigenvalue weighted by molar-refractivity contribution is 6.76. The number of halogens is 3. The predicted molar refractivity (Wildman–Crippen MR) is 99.5 cm³/mol. The molecule has 0 spiro atoms. The molecule has 0 aliphatic carbocycles. The van der Waals surface area contributed by atoms with Crippen molar-refractivity contribution >= 4 is 57.5 Å². The lowest BCUT2D eigenvalue weighted by Crippen LogP contribution is -2.44. The zero-order chi connectivity index (χ0) is 19.3. The molecule has 2 aromatic rings. The van der Waals surface area contributed by atoms with Crippen molar-refractivity contribution in [3.05, 3.63) is 40.4 Å². The van der Waals surface area contributed by atoms with Crippen LogP contribution < -0.4 is 16.3 Å². The van der Waals surface area contributed by atoms with Gasteiger partial charge in [0, 0.05) is 20.3 Å². The molecule has 2 N–H and O–H groups in total. The van der Waals surface area contributed by atoms with Gasteiger partial charge in [-0.15, -0.1) is 0 Å². The molecule has 140 valence electrons. The third-order valence-corrected chi connectivity index (χ3v) is 3.78. The molecule has 1 aromatic heterocycles. The molecule has 26 heavy (non-hydrogen) atoms. The molecule has 2 amide bonds. The van der Waals surface area contributed by atoms with Gasteiger partial charge in [-0.05, 0) is 18.6 Å². The van der Waals surface area contributed by atoms with Crippen LogP contribution in [-0.4, -0.2) is 45.5 Å². The van der Waals surface area contributed by atoms with Crippen molar-refractivity contribution in [1.82, 2.24) is 15.0 Å². The number of hydrogen-bond acceptors (Lipinski definition) is 5. The van der Waals surface area contributed by atoms with Crippen molar-refractivity contribution in [3.8, 4) is 0 Å². The van der Waals surface area contributed by atoms with E-state index in [1.807, 2.05) is 0 Å². The van der Waals surface area contributed by atoms with E-state index >= 15 is 0 Å². The molecular weight excluding hydrogens is 407 g/mol. The molecule has 8 nitrogen and oxygen atoms in total. The Morgan fingerprint density at radius 3 is 2.62 bits per heavy atom. The number of rotatable bonds is 6. The van der Waals surface area contributed by atoms with Gasteiger partial charge in [0.2, 0.25) is 5.82 Å². The number of alkyl halides is 3.